The van der Waals surface area contributed by atoms with Crippen LogP contribution in [-0.4, -0.2) is 18.3 Å². The Kier molecular flexibility index (Phi) is 5.79. The van der Waals surface area contributed by atoms with Gasteiger partial charge < -0.3 is 9.31 Å². The van der Waals surface area contributed by atoms with Crippen LogP contribution in [0.2, 0.25) is 0 Å². The lowest BCUT2D eigenvalue weighted by molar-refractivity contribution is 0.00578. The minimum absolute atomic E-state index is 0.366. The van der Waals surface area contributed by atoms with Crippen LogP contribution in [0, 0.1) is 0 Å². The molecule has 0 saturated carbocycles. The zero-order chi connectivity index (χ0) is 24.8. The molecule has 1 saturated heterocycles. The van der Waals surface area contributed by atoms with Gasteiger partial charge in [0.05, 0.1) is 11.2 Å². The molecule has 0 bridgehead atoms. The fraction of sp³-hybridized carbons (Fsp3) is 0.188. The maximum Gasteiger partial charge on any atom is 0.494 e. The van der Waals surface area contributed by atoms with E-state index < -0.39 is 0 Å². The third kappa shape index (κ3) is 3.85. The average Bonchev–Trinajstić information content (AvgIpc) is 3.09. The van der Waals surface area contributed by atoms with Crippen molar-refractivity contribution in [1.29, 1.82) is 0 Å². The second-order valence-electron chi connectivity index (χ2n) is 10.1. The first-order chi connectivity index (χ1) is 16.8. The summed E-state index contributed by atoms with van der Waals surface area (Å²) in [5.74, 6) is 0. The van der Waals surface area contributed by atoms with E-state index in [2.05, 4.69) is 114 Å². The lowest BCUT2D eigenvalue weighted by atomic mass is 9.77. The van der Waals surface area contributed by atoms with Crippen LogP contribution in [-0.2, 0) is 9.31 Å². The van der Waals surface area contributed by atoms with Crippen molar-refractivity contribution in [3.63, 3.8) is 0 Å². The molecule has 4 aromatic carbocycles. The summed E-state index contributed by atoms with van der Waals surface area (Å²) in [4.78, 5) is 0. The lowest BCUT2D eigenvalue weighted by Crippen LogP contribution is -2.41. The fourth-order valence-electron chi connectivity index (χ4n) is 4.92. The molecule has 0 aliphatic carbocycles. The molecule has 35 heavy (non-hydrogen) atoms. The van der Waals surface area contributed by atoms with Gasteiger partial charge in [0.2, 0.25) is 0 Å². The summed E-state index contributed by atoms with van der Waals surface area (Å²) in [6, 6.07) is 27.6. The largest absolute Gasteiger partial charge is 0.494 e. The summed E-state index contributed by atoms with van der Waals surface area (Å²) in [6.07, 6.45) is 3.90. The molecule has 174 valence electrons. The van der Waals surface area contributed by atoms with Crippen molar-refractivity contribution >= 4 is 35.5 Å². The first-order valence-corrected chi connectivity index (χ1v) is 12.1. The highest BCUT2D eigenvalue weighted by atomic mass is 16.7. The van der Waals surface area contributed by atoms with Crippen LogP contribution < -0.4 is 5.46 Å². The highest BCUT2D eigenvalue weighted by molar-refractivity contribution is 6.62. The van der Waals surface area contributed by atoms with Crippen molar-refractivity contribution in [2.45, 2.75) is 38.9 Å². The third-order valence-corrected chi connectivity index (χ3v) is 7.49. The van der Waals surface area contributed by atoms with Gasteiger partial charge >= 0.3 is 7.12 Å². The third-order valence-electron chi connectivity index (χ3n) is 7.49. The number of benzene rings is 4. The zero-order valence-corrected chi connectivity index (χ0v) is 21.0. The van der Waals surface area contributed by atoms with Gasteiger partial charge in [-0.3, -0.25) is 0 Å². The molecule has 0 spiro atoms. The summed E-state index contributed by atoms with van der Waals surface area (Å²) < 4.78 is 12.5. The summed E-state index contributed by atoms with van der Waals surface area (Å²) in [5.41, 5.74) is 7.10. The van der Waals surface area contributed by atoms with Crippen LogP contribution in [0.3, 0.4) is 0 Å². The Morgan fingerprint density at radius 1 is 0.600 bits per heavy atom. The summed E-state index contributed by atoms with van der Waals surface area (Å²) in [5, 5.41) is 2.39. The monoisotopic (exact) mass is 458 g/mol. The van der Waals surface area contributed by atoms with Crippen molar-refractivity contribution in [1.82, 2.24) is 0 Å². The normalized spacial score (nSPS) is 16.4. The van der Waals surface area contributed by atoms with Gasteiger partial charge in [0.1, 0.15) is 0 Å². The molecule has 5 rings (SSSR count). The predicted octanol–water partition coefficient (Wildman–Crippen LogP) is 7.76. The van der Waals surface area contributed by atoms with E-state index >= 15 is 0 Å². The Bertz CT molecular complexity index is 1400. The molecule has 4 aromatic rings. The molecule has 2 nitrogen and oxygen atoms in total. The molecule has 0 N–H and O–H groups in total. The number of hydrogen-bond acceptors (Lipinski definition) is 2. The van der Waals surface area contributed by atoms with Crippen LogP contribution in [0.5, 0.6) is 0 Å². The minimum atomic E-state index is -0.381. The first-order valence-electron chi connectivity index (χ1n) is 12.1. The molecule has 1 aliphatic heterocycles. The molecule has 0 radical (unpaired) electrons. The second-order valence-corrected chi connectivity index (χ2v) is 10.1. The zero-order valence-electron chi connectivity index (χ0n) is 21.0. The van der Waals surface area contributed by atoms with E-state index in [0.29, 0.717) is 0 Å². The number of hydrogen-bond donors (Lipinski definition) is 0. The number of rotatable bonds is 5. The second kappa shape index (κ2) is 8.68. The van der Waals surface area contributed by atoms with Gasteiger partial charge in [-0.15, -0.1) is 0 Å². The summed E-state index contributed by atoms with van der Waals surface area (Å²) in [7, 11) is -0.381. The highest BCUT2D eigenvalue weighted by Crippen LogP contribution is 2.43. The smallest absolute Gasteiger partial charge is 0.399 e. The van der Waals surface area contributed by atoms with Gasteiger partial charge in [-0.2, -0.15) is 0 Å². The molecular formula is C32H31BO2. The van der Waals surface area contributed by atoms with Crippen LogP contribution in [0.15, 0.2) is 92.0 Å². The average molecular weight is 458 g/mol. The van der Waals surface area contributed by atoms with Crippen LogP contribution in [0.25, 0.3) is 45.2 Å². The number of fused-ring (bicyclic) bond motifs is 1. The quantitative estimate of drug-likeness (QED) is 0.285. The van der Waals surface area contributed by atoms with Gasteiger partial charge in [-0.05, 0) is 77.3 Å². The van der Waals surface area contributed by atoms with E-state index in [-0.39, 0.29) is 18.3 Å². The summed E-state index contributed by atoms with van der Waals surface area (Å²) in [6.45, 7) is 16.7. The van der Waals surface area contributed by atoms with E-state index in [0.717, 1.165) is 27.7 Å². The van der Waals surface area contributed by atoms with Gasteiger partial charge in [-0.25, -0.2) is 0 Å². The lowest BCUT2D eigenvalue weighted by Gasteiger charge is -2.32. The van der Waals surface area contributed by atoms with E-state index in [4.69, 9.17) is 9.31 Å². The van der Waals surface area contributed by atoms with Crippen molar-refractivity contribution in [2.24, 2.45) is 0 Å². The van der Waals surface area contributed by atoms with E-state index in [1.54, 1.807) is 0 Å². The predicted molar refractivity (Wildman–Crippen MR) is 151 cm³/mol. The van der Waals surface area contributed by atoms with E-state index in [9.17, 15) is 0 Å². The fourth-order valence-corrected chi connectivity index (χ4v) is 4.92. The van der Waals surface area contributed by atoms with Crippen molar-refractivity contribution in [2.75, 3.05) is 0 Å². The van der Waals surface area contributed by atoms with Gasteiger partial charge in [-0.1, -0.05) is 104 Å². The molecule has 0 amide bonds. The van der Waals surface area contributed by atoms with Crippen LogP contribution in [0.1, 0.15) is 38.8 Å². The Labute approximate surface area is 209 Å². The van der Waals surface area contributed by atoms with E-state index in [1.807, 2.05) is 18.2 Å². The van der Waals surface area contributed by atoms with Gasteiger partial charge in [0.25, 0.3) is 0 Å². The summed E-state index contributed by atoms with van der Waals surface area (Å²) >= 11 is 0. The van der Waals surface area contributed by atoms with Crippen molar-refractivity contribution in [3.05, 3.63) is 103 Å². The Morgan fingerprint density at radius 3 is 1.49 bits per heavy atom. The molecular weight excluding hydrogens is 427 g/mol. The molecule has 1 heterocycles. The molecule has 3 heteroatoms. The molecule has 0 unspecified atom stereocenters. The maximum atomic E-state index is 6.26. The Balaban J connectivity index is 1.68. The molecule has 0 aromatic heterocycles. The molecule has 1 aliphatic rings. The van der Waals surface area contributed by atoms with Gasteiger partial charge in [0.15, 0.2) is 0 Å². The standard InChI is InChI=1S/C32H31BO2/c1-7-25-26(8-2)30(28-17-13-12-16-27(28)29(25)22-14-10-9-11-15-22)23-18-20-24(21-19-23)33-34-31(3,4)32(5,6)35-33/h7-21H,1-2H2,3-6H3. The minimum Gasteiger partial charge on any atom is -0.399 e. The van der Waals surface area contributed by atoms with Crippen molar-refractivity contribution in [3.8, 4) is 22.3 Å². The SMILES string of the molecule is C=Cc1c(C=C)c(-c2ccc(B3OC(C)(C)C(C)(C)O3)cc2)c2ccccc2c1-c1ccccc1. The van der Waals surface area contributed by atoms with Gasteiger partial charge in [0, 0.05) is 0 Å². The first kappa shape index (κ1) is 23.4. The van der Waals surface area contributed by atoms with Crippen LogP contribution >= 0.6 is 0 Å². The van der Waals surface area contributed by atoms with Crippen LogP contribution in [0.4, 0.5) is 0 Å². The Morgan fingerprint density at radius 2 is 1.03 bits per heavy atom. The highest BCUT2D eigenvalue weighted by Gasteiger charge is 2.51. The molecule has 0 atom stereocenters. The van der Waals surface area contributed by atoms with E-state index in [1.165, 1.54) is 21.9 Å². The molecule has 1 fully saturated rings. The maximum absolute atomic E-state index is 6.26. The topological polar surface area (TPSA) is 18.5 Å². The van der Waals surface area contributed by atoms with Crippen molar-refractivity contribution < 1.29 is 9.31 Å². The Hall–Kier alpha value is -3.40.